The molecule has 0 amide bonds. The maximum atomic E-state index is 12.0. The quantitative estimate of drug-likeness (QED) is 0.744. The van der Waals surface area contributed by atoms with Crippen LogP contribution in [0.25, 0.3) is 0 Å². The Labute approximate surface area is 73.1 Å². The van der Waals surface area contributed by atoms with Crippen LogP contribution in [-0.4, -0.2) is 16.2 Å². The van der Waals surface area contributed by atoms with Crippen molar-refractivity contribution in [1.29, 1.82) is 0 Å². The minimum Gasteiger partial charge on any atom is -0.328 e. The molecule has 1 aromatic heterocycles. The summed E-state index contributed by atoms with van der Waals surface area (Å²) in [4.78, 5) is 0. The van der Waals surface area contributed by atoms with Gasteiger partial charge in [-0.1, -0.05) is 0 Å². The molecule has 3 N–H and O–H groups in total. The van der Waals surface area contributed by atoms with Crippen LogP contribution >= 0.6 is 0 Å². The van der Waals surface area contributed by atoms with Gasteiger partial charge in [-0.15, -0.1) is 0 Å². The van der Waals surface area contributed by atoms with E-state index in [1.165, 1.54) is 0 Å². The molecular formula is C7H10F3N3. The molecule has 74 valence electrons. The zero-order valence-corrected chi connectivity index (χ0v) is 7.02. The third kappa shape index (κ3) is 2.73. The van der Waals surface area contributed by atoms with Crippen molar-refractivity contribution in [1.82, 2.24) is 10.2 Å². The van der Waals surface area contributed by atoms with E-state index in [0.717, 1.165) is 6.07 Å². The standard InChI is InChI=1S/C7H10F3N3/c1-4(11)2-5-3-6(13-12-5)7(8,9)10/h3-4H,2,11H2,1H3,(H,12,13)/t4-/m0/s1. The Morgan fingerprint density at radius 3 is 2.62 bits per heavy atom. The van der Waals surface area contributed by atoms with Gasteiger partial charge >= 0.3 is 6.18 Å². The number of hydrogen-bond donors (Lipinski definition) is 2. The maximum absolute atomic E-state index is 12.0. The van der Waals surface area contributed by atoms with Crippen LogP contribution in [0.15, 0.2) is 6.07 Å². The number of nitrogens with zero attached hydrogens (tertiary/aromatic N) is 1. The minimum absolute atomic E-state index is 0.179. The highest BCUT2D eigenvalue weighted by molar-refractivity contribution is 5.12. The number of hydrogen-bond acceptors (Lipinski definition) is 2. The molecule has 1 aromatic rings. The molecule has 6 heteroatoms. The smallest absolute Gasteiger partial charge is 0.328 e. The number of aromatic amines is 1. The van der Waals surface area contributed by atoms with Gasteiger partial charge in [0.05, 0.1) is 0 Å². The highest BCUT2D eigenvalue weighted by Crippen LogP contribution is 2.27. The molecule has 0 saturated heterocycles. The van der Waals surface area contributed by atoms with Gasteiger partial charge in [-0.25, -0.2) is 0 Å². The van der Waals surface area contributed by atoms with Crippen LogP contribution in [0.1, 0.15) is 18.3 Å². The predicted molar refractivity (Wildman–Crippen MR) is 40.9 cm³/mol. The molecular weight excluding hydrogens is 183 g/mol. The van der Waals surface area contributed by atoms with Crippen molar-refractivity contribution >= 4 is 0 Å². The van der Waals surface area contributed by atoms with Crippen molar-refractivity contribution in [3.05, 3.63) is 17.5 Å². The fourth-order valence-electron chi connectivity index (χ4n) is 0.958. The third-order valence-electron chi connectivity index (χ3n) is 1.46. The summed E-state index contributed by atoms with van der Waals surface area (Å²) in [6.07, 6.45) is -4.02. The number of aromatic nitrogens is 2. The Morgan fingerprint density at radius 2 is 2.23 bits per heavy atom. The van der Waals surface area contributed by atoms with Crippen LogP contribution in [0.2, 0.25) is 0 Å². The number of nitrogens with one attached hydrogen (secondary N) is 1. The molecule has 3 nitrogen and oxygen atoms in total. The lowest BCUT2D eigenvalue weighted by atomic mass is 10.2. The van der Waals surface area contributed by atoms with Crippen LogP contribution in [0.5, 0.6) is 0 Å². The van der Waals surface area contributed by atoms with Crippen LogP contribution in [-0.2, 0) is 12.6 Å². The molecule has 13 heavy (non-hydrogen) atoms. The number of rotatable bonds is 2. The molecule has 0 radical (unpaired) electrons. The van der Waals surface area contributed by atoms with Gasteiger partial charge in [0.15, 0.2) is 5.69 Å². The monoisotopic (exact) mass is 193 g/mol. The minimum atomic E-state index is -4.38. The second-order valence-electron chi connectivity index (χ2n) is 2.96. The summed E-state index contributed by atoms with van der Waals surface area (Å²) < 4.78 is 36.1. The van der Waals surface area contributed by atoms with Crippen molar-refractivity contribution in [2.24, 2.45) is 5.73 Å². The largest absolute Gasteiger partial charge is 0.435 e. The van der Waals surface area contributed by atoms with Crippen molar-refractivity contribution in [2.75, 3.05) is 0 Å². The van der Waals surface area contributed by atoms with Gasteiger partial charge < -0.3 is 5.73 Å². The average Bonchev–Trinajstić information content (AvgIpc) is 2.32. The van der Waals surface area contributed by atoms with Gasteiger partial charge in [-0.2, -0.15) is 18.3 Å². The van der Waals surface area contributed by atoms with Gasteiger partial charge in [-0.05, 0) is 13.0 Å². The summed E-state index contributed by atoms with van der Waals surface area (Å²) in [6, 6.07) is 0.796. The van der Waals surface area contributed by atoms with E-state index in [0.29, 0.717) is 12.1 Å². The second kappa shape index (κ2) is 3.37. The molecule has 0 bridgehead atoms. The highest BCUT2D eigenvalue weighted by Gasteiger charge is 2.33. The van der Waals surface area contributed by atoms with E-state index in [1.807, 2.05) is 0 Å². The topological polar surface area (TPSA) is 54.7 Å². The molecule has 0 unspecified atom stereocenters. The molecule has 0 aliphatic carbocycles. The first-order chi connectivity index (χ1) is 5.89. The molecule has 0 aliphatic rings. The normalized spacial score (nSPS) is 14.5. The molecule has 1 rings (SSSR count). The summed E-state index contributed by atoms with van der Waals surface area (Å²) in [7, 11) is 0. The van der Waals surface area contributed by atoms with E-state index < -0.39 is 11.9 Å². The number of H-pyrrole nitrogens is 1. The fraction of sp³-hybridized carbons (Fsp3) is 0.571. The summed E-state index contributed by atoms with van der Waals surface area (Å²) in [5.74, 6) is 0. The van der Waals surface area contributed by atoms with E-state index in [4.69, 9.17) is 5.73 Å². The van der Waals surface area contributed by atoms with Crippen molar-refractivity contribution in [3.8, 4) is 0 Å². The summed E-state index contributed by atoms with van der Waals surface area (Å²) in [5, 5.41) is 5.43. The lowest BCUT2D eigenvalue weighted by Crippen LogP contribution is -2.17. The zero-order chi connectivity index (χ0) is 10.1. The van der Waals surface area contributed by atoms with Crippen LogP contribution < -0.4 is 5.73 Å². The molecule has 1 heterocycles. The van der Waals surface area contributed by atoms with Gasteiger partial charge in [-0.3, -0.25) is 5.10 Å². The number of halogens is 3. The van der Waals surface area contributed by atoms with E-state index in [9.17, 15) is 13.2 Å². The lowest BCUT2D eigenvalue weighted by Gasteiger charge is -2.00. The molecule has 0 aromatic carbocycles. The van der Waals surface area contributed by atoms with E-state index in [2.05, 4.69) is 10.2 Å². The molecule has 0 aliphatic heterocycles. The van der Waals surface area contributed by atoms with Crippen molar-refractivity contribution in [3.63, 3.8) is 0 Å². The Hall–Kier alpha value is -1.04. The molecule has 1 atom stereocenters. The summed E-state index contributed by atoms with van der Waals surface area (Å²) in [5.41, 5.74) is 4.92. The highest BCUT2D eigenvalue weighted by atomic mass is 19.4. The Morgan fingerprint density at radius 1 is 1.62 bits per heavy atom. The zero-order valence-electron chi connectivity index (χ0n) is 7.02. The first kappa shape index (κ1) is 10.0. The van der Waals surface area contributed by atoms with Gasteiger partial charge in [0, 0.05) is 18.2 Å². The fourth-order valence-corrected chi connectivity index (χ4v) is 0.958. The average molecular weight is 193 g/mol. The van der Waals surface area contributed by atoms with E-state index in [1.54, 1.807) is 6.92 Å². The van der Waals surface area contributed by atoms with Crippen LogP contribution in [0, 0.1) is 0 Å². The molecule has 0 saturated carbocycles. The number of alkyl halides is 3. The van der Waals surface area contributed by atoms with Crippen molar-refractivity contribution < 1.29 is 13.2 Å². The predicted octanol–water partition coefficient (Wildman–Crippen LogP) is 1.32. The van der Waals surface area contributed by atoms with Gasteiger partial charge in [0.1, 0.15) is 0 Å². The number of nitrogens with two attached hydrogens (primary N) is 1. The van der Waals surface area contributed by atoms with E-state index in [-0.39, 0.29) is 6.04 Å². The Bertz CT molecular complexity index is 277. The summed E-state index contributed by atoms with van der Waals surface area (Å²) in [6.45, 7) is 1.72. The van der Waals surface area contributed by atoms with Gasteiger partial charge in [0.2, 0.25) is 0 Å². The van der Waals surface area contributed by atoms with Crippen LogP contribution in [0.3, 0.4) is 0 Å². The first-order valence-electron chi connectivity index (χ1n) is 3.76. The second-order valence-corrected chi connectivity index (χ2v) is 2.96. The Kier molecular flexibility index (Phi) is 2.60. The Balaban J connectivity index is 2.75. The molecule has 0 spiro atoms. The van der Waals surface area contributed by atoms with Gasteiger partial charge in [0.25, 0.3) is 0 Å². The maximum Gasteiger partial charge on any atom is 0.435 e. The van der Waals surface area contributed by atoms with E-state index >= 15 is 0 Å². The molecule has 0 fully saturated rings. The SMILES string of the molecule is C[C@H](N)Cc1cc(C(F)(F)F)n[nH]1. The first-order valence-corrected chi connectivity index (χ1v) is 3.76. The third-order valence-corrected chi connectivity index (χ3v) is 1.46. The van der Waals surface area contributed by atoms with Crippen LogP contribution in [0.4, 0.5) is 13.2 Å². The van der Waals surface area contributed by atoms with Crippen molar-refractivity contribution in [2.45, 2.75) is 25.6 Å². The summed E-state index contributed by atoms with van der Waals surface area (Å²) >= 11 is 0. The lowest BCUT2D eigenvalue weighted by molar-refractivity contribution is -0.141.